The molecule has 1 fully saturated rings. The number of methoxy groups -OCH3 is 1. The molecule has 1 aliphatic rings. The van der Waals surface area contributed by atoms with E-state index < -0.39 is 0 Å². The van der Waals surface area contributed by atoms with Gasteiger partial charge in [-0.3, -0.25) is 4.79 Å². The summed E-state index contributed by atoms with van der Waals surface area (Å²) < 4.78 is 5.40. The third-order valence-corrected chi connectivity index (χ3v) is 5.60. The van der Waals surface area contributed by atoms with Crippen LogP contribution in [-0.2, 0) is 4.74 Å². The second-order valence-corrected chi connectivity index (χ2v) is 7.01. The molecule has 1 aromatic heterocycles. The second-order valence-electron chi connectivity index (χ2n) is 6.03. The summed E-state index contributed by atoms with van der Waals surface area (Å²) in [6.07, 6.45) is 1.01. The normalized spacial score (nSPS) is 23.5. The average Bonchev–Trinajstić information content (AvgIpc) is 2.83. The Morgan fingerprint density at radius 3 is 2.81 bits per heavy atom. The molecule has 0 aliphatic heterocycles. The predicted molar refractivity (Wildman–Crippen MR) is 85.9 cm³/mol. The van der Waals surface area contributed by atoms with E-state index in [0.29, 0.717) is 10.7 Å². The molecule has 2 atom stereocenters. The van der Waals surface area contributed by atoms with Crippen LogP contribution in [0.4, 0.5) is 10.9 Å². The highest BCUT2D eigenvalue weighted by atomic mass is 32.1. The maximum atomic E-state index is 12.4. The van der Waals surface area contributed by atoms with Crippen LogP contribution in [0.3, 0.4) is 0 Å². The molecule has 2 unspecified atom stereocenters. The first-order chi connectivity index (χ1) is 9.81. The molecule has 118 valence electrons. The average molecular weight is 312 g/mol. The van der Waals surface area contributed by atoms with Crippen molar-refractivity contribution < 1.29 is 9.53 Å². The van der Waals surface area contributed by atoms with Gasteiger partial charge in [0.15, 0.2) is 5.13 Å². The van der Waals surface area contributed by atoms with Crippen molar-refractivity contribution in [1.29, 1.82) is 0 Å². The van der Waals surface area contributed by atoms with E-state index in [-0.39, 0.29) is 23.5 Å². The van der Waals surface area contributed by atoms with Crippen LogP contribution in [0, 0.1) is 5.41 Å². The van der Waals surface area contributed by atoms with Gasteiger partial charge in [0, 0.05) is 32.2 Å². The van der Waals surface area contributed by atoms with Gasteiger partial charge in [-0.05, 0) is 13.3 Å². The van der Waals surface area contributed by atoms with Gasteiger partial charge in [0.25, 0.3) is 5.91 Å². The topological polar surface area (TPSA) is 80.5 Å². The Labute approximate surface area is 129 Å². The van der Waals surface area contributed by atoms with Crippen molar-refractivity contribution in [3.05, 3.63) is 4.88 Å². The first kappa shape index (κ1) is 16.0. The number of ether oxygens (including phenoxy) is 1. The minimum atomic E-state index is -0.145. The lowest BCUT2D eigenvalue weighted by Crippen LogP contribution is -2.61. The molecule has 3 N–H and O–H groups in total. The molecule has 7 heteroatoms. The van der Waals surface area contributed by atoms with Crippen LogP contribution in [0.1, 0.15) is 36.9 Å². The number of amides is 1. The highest BCUT2D eigenvalue weighted by Gasteiger charge is 2.49. The van der Waals surface area contributed by atoms with E-state index in [1.54, 1.807) is 7.11 Å². The van der Waals surface area contributed by atoms with Crippen molar-refractivity contribution in [1.82, 2.24) is 10.3 Å². The highest BCUT2D eigenvalue weighted by molar-refractivity contribution is 7.18. The second kappa shape index (κ2) is 5.81. The number of nitrogens with zero attached hydrogens (tertiary/aromatic N) is 2. The minimum Gasteiger partial charge on any atom is -0.382 e. The van der Waals surface area contributed by atoms with Gasteiger partial charge in [0.1, 0.15) is 10.7 Å². The zero-order chi connectivity index (χ0) is 15.8. The van der Waals surface area contributed by atoms with Crippen LogP contribution in [0.5, 0.6) is 0 Å². The van der Waals surface area contributed by atoms with E-state index in [9.17, 15) is 4.79 Å². The Bertz CT molecular complexity index is 529. The van der Waals surface area contributed by atoms with Gasteiger partial charge in [-0.25, -0.2) is 4.98 Å². The van der Waals surface area contributed by atoms with E-state index in [1.165, 1.54) is 11.3 Å². The summed E-state index contributed by atoms with van der Waals surface area (Å²) in [6.45, 7) is 7.04. The predicted octanol–water partition coefficient (Wildman–Crippen LogP) is 1.72. The molecule has 2 rings (SSSR count). The monoisotopic (exact) mass is 312 g/mol. The molecule has 1 aliphatic carbocycles. The fraction of sp³-hybridized carbons (Fsp3) is 0.714. The standard InChI is InChI=1S/C14H24N4O2S/c1-6-18(4)13-17-11(15)10(21-13)12(19)16-8-7-9(20-5)14(8,2)3/h8-9H,6-7,15H2,1-5H3,(H,16,19). The van der Waals surface area contributed by atoms with E-state index in [0.717, 1.165) is 18.1 Å². The molecule has 21 heavy (non-hydrogen) atoms. The number of nitrogens with two attached hydrogens (primary N) is 1. The number of rotatable bonds is 5. The van der Waals surface area contributed by atoms with Crippen molar-refractivity contribution in [3.63, 3.8) is 0 Å². The first-order valence-corrected chi connectivity index (χ1v) is 7.94. The number of anilines is 2. The fourth-order valence-corrected chi connectivity index (χ4v) is 3.45. The van der Waals surface area contributed by atoms with Gasteiger partial charge in [0.2, 0.25) is 0 Å². The number of thiazole rings is 1. The number of carbonyl (C=O) groups excluding carboxylic acids is 1. The Kier molecular flexibility index (Phi) is 4.43. The van der Waals surface area contributed by atoms with Crippen molar-refractivity contribution in [2.75, 3.05) is 31.3 Å². The first-order valence-electron chi connectivity index (χ1n) is 7.12. The highest BCUT2D eigenvalue weighted by Crippen LogP contribution is 2.42. The molecule has 0 bridgehead atoms. The molecule has 0 spiro atoms. The van der Waals surface area contributed by atoms with Crippen LogP contribution in [0.2, 0.25) is 0 Å². The number of nitrogen functional groups attached to an aromatic ring is 1. The lowest BCUT2D eigenvalue weighted by atomic mass is 9.64. The lowest BCUT2D eigenvalue weighted by Gasteiger charge is -2.51. The van der Waals surface area contributed by atoms with Gasteiger partial charge >= 0.3 is 0 Å². The molecule has 6 nitrogen and oxygen atoms in total. The zero-order valence-electron chi connectivity index (χ0n) is 13.3. The summed E-state index contributed by atoms with van der Waals surface area (Å²) in [5.74, 6) is 0.154. The molecule has 1 heterocycles. The number of nitrogens with one attached hydrogen (secondary N) is 1. The Hall–Kier alpha value is -1.34. The molecular weight excluding hydrogens is 288 g/mol. The summed E-state index contributed by atoms with van der Waals surface area (Å²) >= 11 is 1.33. The molecule has 0 radical (unpaired) electrons. The maximum Gasteiger partial charge on any atom is 0.265 e. The van der Waals surface area contributed by atoms with Gasteiger partial charge in [0.05, 0.1) is 6.10 Å². The summed E-state index contributed by atoms with van der Waals surface area (Å²) in [5, 5.41) is 3.82. The Balaban J connectivity index is 2.07. The molecule has 0 aromatic carbocycles. The van der Waals surface area contributed by atoms with Gasteiger partial charge in [-0.1, -0.05) is 25.2 Å². The summed E-state index contributed by atoms with van der Waals surface area (Å²) in [6, 6.07) is 0.101. The number of hydrogen-bond acceptors (Lipinski definition) is 6. The van der Waals surface area contributed by atoms with Crippen LogP contribution < -0.4 is 16.0 Å². The van der Waals surface area contributed by atoms with Gasteiger partial charge < -0.3 is 20.7 Å². The lowest BCUT2D eigenvalue weighted by molar-refractivity contribution is -0.0942. The quantitative estimate of drug-likeness (QED) is 0.865. The molecular formula is C14H24N4O2S. The Morgan fingerprint density at radius 2 is 2.29 bits per heavy atom. The molecule has 0 saturated heterocycles. The zero-order valence-corrected chi connectivity index (χ0v) is 14.1. The molecule has 1 aromatic rings. The van der Waals surface area contributed by atoms with E-state index in [4.69, 9.17) is 10.5 Å². The maximum absolute atomic E-state index is 12.4. The van der Waals surface area contributed by atoms with Gasteiger partial charge in [-0.2, -0.15) is 0 Å². The van der Waals surface area contributed by atoms with Crippen molar-refractivity contribution in [2.24, 2.45) is 5.41 Å². The number of carbonyl (C=O) groups is 1. The van der Waals surface area contributed by atoms with Crippen molar-refractivity contribution in [2.45, 2.75) is 39.3 Å². The molecule has 1 amide bonds. The summed E-state index contributed by atoms with van der Waals surface area (Å²) in [4.78, 5) is 19.1. The Morgan fingerprint density at radius 1 is 1.62 bits per heavy atom. The SMILES string of the molecule is CCN(C)c1nc(N)c(C(=O)NC2CC(OC)C2(C)C)s1. The van der Waals surface area contributed by atoms with Crippen LogP contribution >= 0.6 is 11.3 Å². The fourth-order valence-electron chi connectivity index (χ4n) is 2.54. The summed E-state index contributed by atoms with van der Waals surface area (Å²) in [7, 11) is 3.64. The smallest absolute Gasteiger partial charge is 0.265 e. The van der Waals surface area contributed by atoms with Crippen molar-refractivity contribution >= 4 is 28.2 Å². The minimum absolute atomic E-state index is 0.0626. The van der Waals surface area contributed by atoms with E-state index in [2.05, 4.69) is 24.1 Å². The van der Waals surface area contributed by atoms with Crippen LogP contribution in [0.25, 0.3) is 0 Å². The van der Waals surface area contributed by atoms with Gasteiger partial charge in [-0.15, -0.1) is 0 Å². The third-order valence-electron chi connectivity index (χ3n) is 4.42. The molecule has 1 saturated carbocycles. The van der Waals surface area contributed by atoms with E-state index >= 15 is 0 Å². The van der Waals surface area contributed by atoms with Crippen LogP contribution in [0.15, 0.2) is 0 Å². The van der Waals surface area contributed by atoms with E-state index in [1.807, 2.05) is 18.9 Å². The van der Waals surface area contributed by atoms with Crippen LogP contribution in [-0.4, -0.2) is 43.7 Å². The number of hydrogen-bond donors (Lipinski definition) is 2. The third kappa shape index (κ3) is 2.85. The number of aromatic nitrogens is 1. The largest absolute Gasteiger partial charge is 0.382 e. The summed E-state index contributed by atoms with van der Waals surface area (Å²) in [5.41, 5.74) is 5.82. The van der Waals surface area contributed by atoms with Crippen molar-refractivity contribution in [3.8, 4) is 0 Å².